The Labute approximate surface area is 880 Å². The summed E-state index contributed by atoms with van der Waals surface area (Å²) in [6.07, 6.45) is 0. The largest absolute Gasteiger partial charge is 0.494 e. The van der Waals surface area contributed by atoms with Crippen molar-refractivity contribution in [1.29, 1.82) is 0 Å². The summed E-state index contributed by atoms with van der Waals surface area (Å²) < 4.78 is 17.6. The van der Waals surface area contributed by atoms with E-state index in [0.717, 1.165) is 66.7 Å². The van der Waals surface area contributed by atoms with Gasteiger partial charge >= 0.3 is 7.12 Å². The Hall–Kier alpha value is -14.9. The molecule has 24 aromatic rings. The molecule has 1 aliphatic heterocycles. The van der Waals surface area contributed by atoms with Crippen LogP contribution in [0, 0.1) is 0 Å². The van der Waals surface area contributed by atoms with Gasteiger partial charge in [-0.05, 0) is 190 Å². The number of nitrogens with zero attached hydrogens (tertiary/aromatic N) is 6. The van der Waals surface area contributed by atoms with Gasteiger partial charge in [0.25, 0.3) is 0 Å². The number of rotatable bonds is 14. The van der Waals surface area contributed by atoms with Crippen molar-refractivity contribution in [2.75, 3.05) is 0 Å². The van der Waals surface area contributed by atoms with Gasteiger partial charge in [0.1, 0.15) is 0 Å². The van der Waals surface area contributed by atoms with E-state index in [1.807, 2.05) is 22.7 Å². The third-order valence-corrected chi connectivity index (χ3v) is 31.8. The molecule has 145 heavy (non-hydrogen) atoms. The second-order valence-corrected chi connectivity index (χ2v) is 40.1. The summed E-state index contributed by atoms with van der Waals surface area (Å²) in [6, 6.07) is 169. The molecule has 0 atom stereocenters. The average molecular weight is 2150 g/mol. The summed E-state index contributed by atoms with van der Waals surface area (Å²) in [5.74, 6) is 2.97. The molecule has 696 valence electrons. The van der Waals surface area contributed by atoms with Crippen molar-refractivity contribution in [3.05, 3.63) is 523 Å². The van der Waals surface area contributed by atoms with Gasteiger partial charge in [0.15, 0.2) is 29.1 Å². The zero-order valence-corrected chi connectivity index (χ0v) is 85.8. The Morgan fingerprint density at radius 2 is 0.497 bits per heavy atom. The number of halogens is 3. The van der Waals surface area contributed by atoms with E-state index in [2.05, 4.69) is 543 Å². The molecule has 1 fully saturated rings. The number of hydrogen-bond acceptors (Lipinski definition) is 10. The number of aromatic nitrogens is 6. The Bertz CT molecular complexity index is 8900. The van der Waals surface area contributed by atoms with Gasteiger partial charge in [-0.25, -0.2) is 19.9 Å². The van der Waals surface area contributed by atoms with E-state index in [9.17, 15) is 0 Å². The summed E-state index contributed by atoms with van der Waals surface area (Å²) in [4.78, 5) is 30.4. The second kappa shape index (κ2) is 39.3. The van der Waals surface area contributed by atoms with E-state index >= 15 is 0 Å². The molecule has 0 unspecified atom stereocenters. The van der Waals surface area contributed by atoms with Crippen LogP contribution in [-0.2, 0) is 20.1 Å². The smallest absolute Gasteiger partial charge is 0.399 e. The topological polar surface area (TPSA) is 95.8 Å². The molecule has 3 aliphatic rings. The van der Waals surface area contributed by atoms with Crippen LogP contribution in [0.15, 0.2) is 473 Å². The molecular formula is C131H94BClI2N6O2S2. The Morgan fingerprint density at radius 1 is 0.234 bits per heavy atom. The van der Waals surface area contributed by atoms with Crippen molar-refractivity contribution in [1.82, 2.24) is 29.9 Å². The zero-order valence-electron chi connectivity index (χ0n) is 79.1. The van der Waals surface area contributed by atoms with Crippen LogP contribution in [0.4, 0.5) is 0 Å². The van der Waals surface area contributed by atoms with E-state index in [-0.39, 0.29) is 31.0 Å². The lowest BCUT2D eigenvalue weighted by molar-refractivity contribution is 0.00578. The average Bonchev–Trinajstić information content (AvgIpc) is 1.53. The highest BCUT2D eigenvalue weighted by Gasteiger charge is 2.53. The van der Waals surface area contributed by atoms with Gasteiger partial charge in [-0.15, -0.1) is 22.7 Å². The first-order chi connectivity index (χ1) is 70.8. The minimum atomic E-state index is -0.548. The fraction of sp³-hybridized carbons (Fsp3) is 0.0687. The molecule has 1 saturated heterocycles. The standard InChI is InChI=1S/C62H39N3S.C44H28ClN3.C24H23BO2S.CH4.I2/c1-3-18-45(19-4-1)62(46-20-5-2-6-21-46)54-29-11-9-24-52(54)57-53(28-15-30-55(57)62)61-64-59(43-36-32-41(33-37-43)48-25-13-17-40-16-7-8-22-47(40)48)63-60(65-61)44-38-34-42(35-39-44)49-26-14-27-51-50-23-10-12-31-56(50)66-58(49)51;45-43-47-41(31-27-25-30(26-28-31)35-21-11-14-29-13-7-8-19-34(29)35)46-42(48-43)37-22-12-24-39-40(37)36-20-9-10-23-38(36)44(39,32-15-3-1-4-16-32)33-17-5-2-6-18-33;1-23(2)24(3,4)27-25(26-23)17-14-12-16(13-15-17)18-9-7-10-20-19-8-5-6-11-21(19)28-22(18)20;;1-2/h1-39H;1-28H;5-15H,1-4H3;1H4;. The minimum Gasteiger partial charge on any atom is -0.399 e. The van der Waals surface area contributed by atoms with Crippen LogP contribution < -0.4 is 5.46 Å². The van der Waals surface area contributed by atoms with Crippen LogP contribution in [-0.4, -0.2) is 48.2 Å². The summed E-state index contributed by atoms with van der Waals surface area (Å²) in [5, 5.41) is 10.3. The lowest BCUT2D eigenvalue weighted by Gasteiger charge is -2.33. The first kappa shape index (κ1) is 93.7. The van der Waals surface area contributed by atoms with Gasteiger partial charge in [-0.1, -0.05) is 468 Å². The van der Waals surface area contributed by atoms with Crippen molar-refractivity contribution in [3.63, 3.8) is 0 Å². The van der Waals surface area contributed by atoms with Crippen molar-refractivity contribution in [2.24, 2.45) is 0 Å². The quantitative estimate of drug-likeness (QED) is 0.0785. The highest BCUT2D eigenvalue weighted by Crippen LogP contribution is 2.61. The predicted molar refractivity (Wildman–Crippen MR) is 626 cm³/mol. The third-order valence-electron chi connectivity index (χ3n) is 29.2. The molecule has 5 heterocycles. The number of hydrogen-bond donors (Lipinski definition) is 0. The Kier molecular flexibility index (Phi) is 25.4. The van der Waals surface area contributed by atoms with Crippen LogP contribution in [0.3, 0.4) is 0 Å². The summed E-state index contributed by atoms with van der Waals surface area (Å²) >= 11 is 14.6. The lowest BCUT2D eigenvalue weighted by atomic mass is 9.67. The van der Waals surface area contributed by atoms with Crippen LogP contribution in [0.1, 0.15) is 79.6 Å². The predicted octanol–water partition coefficient (Wildman–Crippen LogP) is 35.6. The van der Waals surface area contributed by atoms with Gasteiger partial charge in [-0.2, -0.15) is 9.97 Å². The van der Waals surface area contributed by atoms with Gasteiger partial charge in [0.05, 0.1) is 22.0 Å². The highest BCUT2D eigenvalue weighted by atomic mass is 128. The normalized spacial score (nSPS) is 13.6. The molecule has 0 spiro atoms. The van der Waals surface area contributed by atoms with Crippen LogP contribution in [0.25, 0.3) is 186 Å². The van der Waals surface area contributed by atoms with E-state index < -0.39 is 10.8 Å². The fourth-order valence-corrected chi connectivity index (χ4v) is 24.4. The maximum absolute atomic E-state index is 6.68. The molecule has 8 nitrogen and oxygen atoms in total. The molecule has 0 saturated carbocycles. The second-order valence-electron chi connectivity index (χ2n) is 37.6. The van der Waals surface area contributed by atoms with Gasteiger partial charge in [0, 0.05) is 105 Å². The van der Waals surface area contributed by atoms with Gasteiger partial charge in [0.2, 0.25) is 5.28 Å². The fourth-order valence-electron chi connectivity index (χ4n) is 21.8. The highest BCUT2D eigenvalue weighted by molar-refractivity contribution is 15.0. The summed E-state index contributed by atoms with van der Waals surface area (Å²) in [6.45, 7) is 8.35. The first-order valence-corrected chi connectivity index (χ1v) is 56.7. The van der Waals surface area contributed by atoms with Crippen molar-refractivity contribution < 1.29 is 9.31 Å². The molecule has 2 aliphatic carbocycles. The maximum Gasteiger partial charge on any atom is 0.494 e. The Morgan fingerprint density at radius 3 is 0.903 bits per heavy atom. The van der Waals surface area contributed by atoms with Crippen molar-refractivity contribution in [3.8, 4) is 124 Å². The van der Waals surface area contributed by atoms with Gasteiger partial charge < -0.3 is 9.31 Å². The molecule has 0 bridgehead atoms. The molecule has 0 N–H and O–H groups in total. The molecule has 20 aromatic carbocycles. The molecule has 0 amide bonds. The number of fused-ring (bicyclic) bond motifs is 14. The molecule has 27 rings (SSSR count). The van der Waals surface area contributed by atoms with Crippen LogP contribution >= 0.6 is 71.5 Å². The Balaban J connectivity index is 0.000000128. The van der Waals surface area contributed by atoms with Crippen LogP contribution in [0.5, 0.6) is 0 Å². The van der Waals surface area contributed by atoms with Crippen molar-refractivity contribution >= 4 is 146 Å². The van der Waals surface area contributed by atoms with Crippen molar-refractivity contribution in [2.45, 2.75) is 57.2 Å². The lowest BCUT2D eigenvalue weighted by Crippen LogP contribution is -2.41. The monoisotopic (exact) mass is 2150 g/mol. The van der Waals surface area contributed by atoms with Crippen LogP contribution in [0.2, 0.25) is 5.28 Å². The molecule has 0 radical (unpaired) electrons. The van der Waals surface area contributed by atoms with E-state index in [0.29, 0.717) is 29.1 Å². The summed E-state index contributed by atoms with van der Waals surface area (Å²) in [7, 11) is -0.320. The minimum absolute atomic E-state index is 0. The molecule has 14 heteroatoms. The molecular weight excluding hydrogens is 2050 g/mol. The van der Waals surface area contributed by atoms with Gasteiger partial charge in [-0.3, -0.25) is 0 Å². The maximum atomic E-state index is 6.68. The third kappa shape index (κ3) is 16.6. The molecule has 4 aromatic heterocycles. The van der Waals surface area contributed by atoms with E-state index in [1.165, 1.54) is 140 Å². The van der Waals surface area contributed by atoms with E-state index in [4.69, 9.17) is 45.8 Å². The number of benzene rings is 20. The zero-order chi connectivity index (χ0) is 97.2. The van der Waals surface area contributed by atoms with E-state index in [1.54, 1.807) is 0 Å². The number of thiophene rings is 2. The SMILES string of the molecule is C.CC1(C)OB(c2ccc(-c3cccc4c3sc3ccccc34)cc2)OC1(C)C.Clc1nc(-c2ccc(-c3cccc4ccccc34)cc2)nc(-c2cccc3c2-c2ccccc2C3(c2ccccc2)c2ccccc2)n1.II.c1ccc(C2(c3ccccc3)c3ccccc3-c3c(-c4nc(-c5ccc(-c6cccc7ccccc67)cc5)nc(-c5ccc(-c6cccc7c6sc6ccccc67)cc5)n4)cccc32)cc1. The first-order valence-electron chi connectivity index (χ1n) is 48.4. The summed E-state index contributed by atoms with van der Waals surface area (Å²) in [5.41, 5.74) is 27.8.